The van der Waals surface area contributed by atoms with Gasteiger partial charge in [-0.2, -0.15) is 5.10 Å². The highest BCUT2D eigenvalue weighted by Gasteiger charge is 2.33. The minimum Gasteiger partial charge on any atom is -0.306 e. The Morgan fingerprint density at radius 2 is 2.20 bits per heavy atom. The first-order chi connectivity index (χ1) is 7.24. The molecule has 2 unspecified atom stereocenters. The van der Waals surface area contributed by atoms with Crippen LogP contribution in [0.5, 0.6) is 0 Å². The van der Waals surface area contributed by atoms with Gasteiger partial charge in [-0.25, -0.2) is 0 Å². The molecule has 1 aliphatic heterocycles. The maximum absolute atomic E-state index is 4.34. The number of fused-ring (bicyclic) bond motifs is 2. The van der Waals surface area contributed by atoms with Gasteiger partial charge in [0.1, 0.15) is 0 Å². The van der Waals surface area contributed by atoms with Crippen molar-refractivity contribution in [3.8, 4) is 0 Å². The molecule has 2 aliphatic rings. The van der Waals surface area contributed by atoms with Crippen molar-refractivity contribution in [2.45, 2.75) is 26.2 Å². The number of aromatic amines is 1. The highest BCUT2D eigenvalue weighted by atomic mass is 15.1. The summed E-state index contributed by atoms with van der Waals surface area (Å²) in [5, 5.41) is 7.54. The normalized spacial score (nSPS) is 31.1. The predicted octanol–water partition coefficient (Wildman–Crippen LogP) is 1.38. The Morgan fingerprint density at radius 3 is 3.07 bits per heavy atom. The van der Waals surface area contributed by atoms with Crippen LogP contribution in [0.4, 0.5) is 0 Å². The van der Waals surface area contributed by atoms with Crippen molar-refractivity contribution >= 4 is 0 Å². The van der Waals surface area contributed by atoms with Gasteiger partial charge in [-0.1, -0.05) is 0 Å². The van der Waals surface area contributed by atoms with E-state index in [-0.39, 0.29) is 0 Å². The minimum atomic E-state index is 0.868. The van der Waals surface area contributed by atoms with E-state index in [1.165, 1.54) is 49.3 Å². The number of nitrogens with zero attached hydrogens (tertiary/aromatic N) is 2. The van der Waals surface area contributed by atoms with E-state index >= 15 is 0 Å². The average Bonchev–Trinajstić information content (AvgIpc) is 2.57. The summed E-state index contributed by atoms with van der Waals surface area (Å²) in [6, 6.07) is 0. The minimum absolute atomic E-state index is 0.868. The first kappa shape index (κ1) is 9.40. The van der Waals surface area contributed by atoms with E-state index in [1.807, 2.05) is 0 Å². The largest absolute Gasteiger partial charge is 0.306 e. The van der Waals surface area contributed by atoms with E-state index in [9.17, 15) is 0 Å². The summed E-state index contributed by atoms with van der Waals surface area (Å²) in [7, 11) is 2.24. The molecule has 1 aliphatic carbocycles. The second-order valence-corrected chi connectivity index (χ2v) is 5.25. The van der Waals surface area contributed by atoms with Crippen LogP contribution >= 0.6 is 0 Å². The van der Waals surface area contributed by atoms with E-state index < -0.39 is 0 Å². The first-order valence-corrected chi connectivity index (χ1v) is 5.95. The van der Waals surface area contributed by atoms with Crippen LogP contribution < -0.4 is 0 Å². The Labute approximate surface area is 90.9 Å². The fourth-order valence-electron chi connectivity index (χ4n) is 3.23. The number of aromatic nitrogens is 2. The number of aryl methyl sites for hydroxylation is 1. The Kier molecular flexibility index (Phi) is 2.09. The molecule has 1 saturated heterocycles. The zero-order valence-corrected chi connectivity index (χ0v) is 9.58. The molecule has 15 heavy (non-hydrogen) atoms. The number of hydrogen-bond donors (Lipinski definition) is 1. The molecule has 82 valence electrons. The molecular formula is C12H19N3. The quantitative estimate of drug-likeness (QED) is 0.694. The van der Waals surface area contributed by atoms with Crippen molar-refractivity contribution in [3.63, 3.8) is 0 Å². The van der Waals surface area contributed by atoms with Gasteiger partial charge in [0.15, 0.2) is 0 Å². The molecule has 3 rings (SSSR count). The standard InChI is InChI=1S/C12H19N3/c1-8-11-5-10-7-15(2)4-3-9(10)6-12(11)14-13-8/h9-10H,3-7H2,1-2H3,(H,13,14). The maximum Gasteiger partial charge on any atom is 0.0626 e. The second kappa shape index (κ2) is 3.34. The van der Waals surface area contributed by atoms with Crippen LogP contribution in [-0.4, -0.2) is 35.2 Å². The van der Waals surface area contributed by atoms with Crippen molar-refractivity contribution in [2.24, 2.45) is 11.8 Å². The highest BCUT2D eigenvalue weighted by molar-refractivity contribution is 5.28. The summed E-state index contributed by atoms with van der Waals surface area (Å²) in [6.07, 6.45) is 3.83. The van der Waals surface area contributed by atoms with Gasteiger partial charge in [-0.05, 0) is 57.2 Å². The third-order valence-electron chi connectivity index (χ3n) is 4.19. The summed E-state index contributed by atoms with van der Waals surface area (Å²) < 4.78 is 0. The molecule has 2 heterocycles. The molecule has 0 amide bonds. The van der Waals surface area contributed by atoms with Crippen LogP contribution in [0.15, 0.2) is 0 Å². The SMILES string of the molecule is Cc1n[nH]c2c1CC1CN(C)CCC1C2. The summed E-state index contributed by atoms with van der Waals surface area (Å²) in [4.78, 5) is 2.47. The lowest BCUT2D eigenvalue weighted by Crippen LogP contribution is -2.41. The molecule has 1 N–H and O–H groups in total. The number of H-pyrrole nitrogens is 1. The van der Waals surface area contributed by atoms with Crippen LogP contribution in [0.25, 0.3) is 0 Å². The smallest absolute Gasteiger partial charge is 0.0626 e. The third kappa shape index (κ3) is 1.49. The number of likely N-dealkylation sites (tertiary alicyclic amines) is 1. The molecule has 2 atom stereocenters. The Hall–Kier alpha value is -0.830. The maximum atomic E-state index is 4.34. The number of rotatable bonds is 0. The van der Waals surface area contributed by atoms with Crippen molar-refractivity contribution in [1.82, 2.24) is 15.1 Å². The zero-order chi connectivity index (χ0) is 10.4. The summed E-state index contributed by atoms with van der Waals surface area (Å²) in [6.45, 7) is 4.67. The topological polar surface area (TPSA) is 31.9 Å². The summed E-state index contributed by atoms with van der Waals surface area (Å²) in [5.74, 6) is 1.76. The monoisotopic (exact) mass is 205 g/mol. The molecule has 0 spiro atoms. The Balaban J connectivity index is 1.88. The highest BCUT2D eigenvalue weighted by Crippen LogP contribution is 2.35. The molecule has 0 aromatic carbocycles. The van der Waals surface area contributed by atoms with Crippen LogP contribution in [0.3, 0.4) is 0 Å². The van der Waals surface area contributed by atoms with Crippen molar-refractivity contribution < 1.29 is 0 Å². The third-order valence-corrected chi connectivity index (χ3v) is 4.19. The Bertz CT molecular complexity index is 369. The van der Waals surface area contributed by atoms with Gasteiger partial charge in [0.25, 0.3) is 0 Å². The van der Waals surface area contributed by atoms with Gasteiger partial charge in [0, 0.05) is 12.2 Å². The molecule has 1 aromatic rings. The second-order valence-electron chi connectivity index (χ2n) is 5.25. The van der Waals surface area contributed by atoms with Crippen LogP contribution in [0.1, 0.15) is 23.4 Å². The van der Waals surface area contributed by atoms with Gasteiger partial charge in [-0.3, -0.25) is 5.10 Å². The molecule has 1 fully saturated rings. The van der Waals surface area contributed by atoms with Crippen molar-refractivity contribution in [1.29, 1.82) is 0 Å². The number of piperidine rings is 1. The van der Waals surface area contributed by atoms with E-state index in [4.69, 9.17) is 0 Å². The number of hydrogen-bond acceptors (Lipinski definition) is 2. The van der Waals surface area contributed by atoms with Crippen LogP contribution in [0, 0.1) is 18.8 Å². The van der Waals surface area contributed by atoms with Crippen LogP contribution in [-0.2, 0) is 12.8 Å². The molecule has 0 saturated carbocycles. The molecule has 0 radical (unpaired) electrons. The molecule has 1 aromatic heterocycles. The van der Waals surface area contributed by atoms with Gasteiger partial charge in [0.2, 0.25) is 0 Å². The van der Waals surface area contributed by atoms with Crippen LogP contribution in [0.2, 0.25) is 0 Å². The predicted molar refractivity (Wildman–Crippen MR) is 59.8 cm³/mol. The van der Waals surface area contributed by atoms with Gasteiger partial charge in [0.05, 0.1) is 5.69 Å². The number of nitrogens with one attached hydrogen (secondary N) is 1. The van der Waals surface area contributed by atoms with Gasteiger partial charge < -0.3 is 4.90 Å². The molecule has 3 heteroatoms. The average molecular weight is 205 g/mol. The summed E-state index contributed by atoms with van der Waals surface area (Å²) in [5.41, 5.74) is 4.14. The fourth-order valence-corrected chi connectivity index (χ4v) is 3.23. The molecule has 3 nitrogen and oxygen atoms in total. The fraction of sp³-hybridized carbons (Fsp3) is 0.750. The zero-order valence-electron chi connectivity index (χ0n) is 9.58. The molecule has 0 bridgehead atoms. The van der Waals surface area contributed by atoms with E-state index in [1.54, 1.807) is 0 Å². The van der Waals surface area contributed by atoms with Crippen molar-refractivity contribution in [2.75, 3.05) is 20.1 Å². The summed E-state index contributed by atoms with van der Waals surface area (Å²) >= 11 is 0. The van der Waals surface area contributed by atoms with Crippen molar-refractivity contribution in [3.05, 3.63) is 17.0 Å². The van der Waals surface area contributed by atoms with E-state index in [2.05, 4.69) is 29.1 Å². The van der Waals surface area contributed by atoms with Gasteiger partial charge in [-0.15, -0.1) is 0 Å². The Morgan fingerprint density at radius 1 is 1.33 bits per heavy atom. The van der Waals surface area contributed by atoms with E-state index in [0.717, 1.165) is 11.8 Å². The lowest BCUT2D eigenvalue weighted by molar-refractivity contribution is 0.133. The van der Waals surface area contributed by atoms with Gasteiger partial charge >= 0.3 is 0 Å². The first-order valence-electron chi connectivity index (χ1n) is 5.95. The van der Waals surface area contributed by atoms with E-state index in [0.29, 0.717) is 0 Å². The lowest BCUT2D eigenvalue weighted by atomic mass is 9.74. The lowest BCUT2D eigenvalue weighted by Gasteiger charge is -2.39. The molecular weight excluding hydrogens is 186 g/mol.